The molecule has 1 atom stereocenters. The lowest BCUT2D eigenvalue weighted by atomic mass is 10.2. The summed E-state index contributed by atoms with van der Waals surface area (Å²) < 4.78 is 9.91. The number of hydrogen-bond acceptors (Lipinski definition) is 5. The number of thioether (sulfide) groups is 1. The van der Waals surface area contributed by atoms with Gasteiger partial charge >= 0.3 is 6.16 Å². The van der Waals surface area contributed by atoms with Gasteiger partial charge in [-0.1, -0.05) is 0 Å². The summed E-state index contributed by atoms with van der Waals surface area (Å²) in [6.07, 6.45) is -0.0330. The van der Waals surface area contributed by atoms with E-state index in [0.717, 1.165) is 0 Å². The van der Waals surface area contributed by atoms with Gasteiger partial charge in [0, 0.05) is 0 Å². The number of carbonyl (C=O) groups is 2. The molecule has 0 spiro atoms. The van der Waals surface area contributed by atoms with Gasteiger partial charge in [-0.2, -0.15) is 0 Å². The summed E-state index contributed by atoms with van der Waals surface area (Å²) in [7, 11) is 0. The van der Waals surface area contributed by atoms with E-state index in [2.05, 4.69) is 0 Å². The summed E-state index contributed by atoms with van der Waals surface area (Å²) in [5.41, 5.74) is -0.928. The summed E-state index contributed by atoms with van der Waals surface area (Å²) in [5, 5.41) is 0. The van der Waals surface area contributed by atoms with Gasteiger partial charge in [0.05, 0.1) is 17.2 Å². The number of rotatable bonds is 3. The third kappa shape index (κ3) is 2.42. The molecule has 1 heterocycles. The zero-order chi connectivity index (χ0) is 12.4. The molecule has 0 aromatic heterocycles. The van der Waals surface area contributed by atoms with E-state index in [1.165, 1.54) is 4.90 Å². The standard InChI is InChI=1S/C10H17NO4S/c1-5-14-8(13)15-10(4)6-16-9(2,3)11(10)7-12/h7H,5-6H2,1-4H3. The Kier molecular flexibility index (Phi) is 3.72. The van der Waals surface area contributed by atoms with E-state index in [1.807, 2.05) is 13.8 Å². The lowest BCUT2D eigenvalue weighted by molar-refractivity contribution is -0.147. The van der Waals surface area contributed by atoms with Crippen LogP contribution < -0.4 is 0 Å². The van der Waals surface area contributed by atoms with Crippen molar-refractivity contribution in [1.29, 1.82) is 0 Å². The molecule has 16 heavy (non-hydrogen) atoms. The summed E-state index contributed by atoms with van der Waals surface area (Å²) >= 11 is 1.56. The molecule has 0 aromatic rings. The average molecular weight is 247 g/mol. The molecule has 1 aliphatic rings. The van der Waals surface area contributed by atoms with Crippen LogP contribution in [0.2, 0.25) is 0 Å². The van der Waals surface area contributed by atoms with Crippen molar-refractivity contribution in [3.05, 3.63) is 0 Å². The highest BCUT2D eigenvalue weighted by Gasteiger charge is 2.50. The maximum atomic E-state index is 11.3. The van der Waals surface area contributed by atoms with Crippen LogP contribution >= 0.6 is 11.8 Å². The van der Waals surface area contributed by atoms with E-state index in [4.69, 9.17) is 9.47 Å². The Morgan fingerprint density at radius 1 is 1.50 bits per heavy atom. The Morgan fingerprint density at radius 3 is 2.62 bits per heavy atom. The van der Waals surface area contributed by atoms with Gasteiger partial charge in [0.2, 0.25) is 6.41 Å². The van der Waals surface area contributed by atoms with Gasteiger partial charge in [0.1, 0.15) is 0 Å². The molecule has 0 bridgehead atoms. The third-order valence-corrected chi connectivity index (χ3v) is 4.04. The summed E-state index contributed by atoms with van der Waals surface area (Å²) in [6, 6.07) is 0. The predicted molar refractivity (Wildman–Crippen MR) is 61.0 cm³/mol. The Balaban J connectivity index is 2.77. The fraction of sp³-hybridized carbons (Fsp3) is 0.800. The highest BCUT2D eigenvalue weighted by molar-refractivity contribution is 8.00. The minimum atomic E-state index is -0.928. The predicted octanol–water partition coefficient (Wildman–Crippen LogP) is 1.82. The molecule has 1 fully saturated rings. The molecule has 0 aromatic carbocycles. The number of nitrogens with zero attached hydrogens (tertiary/aromatic N) is 1. The van der Waals surface area contributed by atoms with E-state index in [9.17, 15) is 9.59 Å². The molecule has 1 amide bonds. The average Bonchev–Trinajstić information content (AvgIpc) is 2.37. The molecule has 92 valence electrons. The van der Waals surface area contributed by atoms with Crippen molar-refractivity contribution >= 4 is 24.3 Å². The minimum Gasteiger partial charge on any atom is -0.435 e. The fourth-order valence-corrected chi connectivity index (χ4v) is 2.86. The first-order chi connectivity index (χ1) is 7.35. The fourth-order valence-electron chi connectivity index (χ4n) is 1.66. The molecule has 1 rings (SSSR count). The van der Waals surface area contributed by atoms with Gasteiger partial charge in [-0.3, -0.25) is 9.69 Å². The highest BCUT2D eigenvalue weighted by atomic mass is 32.2. The quantitative estimate of drug-likeness (QED) is 0.562. The molecule has 5 nitrogen and oxygen atoms in total. The van der Waals surface area contributed by atoms with Crippen molar-refractivity contribution < 1.29 is 19.1 Å². The van der Waals surface area contributed by atoms with Gasteiger partial charge in [-0.05, 0) is 27.7 Å². The maximum Gasteiger partial charge on any atom is 0.510 e. The van der Waals surface area contributed by atoms with Crippen molar-refractivity contribution in [2.24, 2.45) is 0 Å². The second kappa shape index (κ2) is 4.53. The van der Waals surface area contributed by atoms with Crippen LogP contribution in [0, 0.1) is 0 Å². The summed E-state index contributed by atoms with van der Waals surface area (Å²) in [6.45, 7) is 7.48. The van der Waals surface area contributed by atoms with Crippen molar-refractivity contribution in [2.75, 3.05) is 12.4 Å². The smallest absolute Gasteiger partial charge is 0.435 e. The lowest BCUT2D eigenvalue weighted by Gasteiger charge is -2.36. The van der Waals surface area contributed by atoms with E-state index < -0.39 is 11.9 Å². The molecule has 6 heteroatoms. The van der Waals surface area contributed by atoms with Crippen LogP contribution in [0.4, 0.5) is 4.79 Å². The molecule has 0 radical (unpaired) electrons. The molecule has 1 aliphatic heterocycles. The van der Waals surface area contributed by atoms with E-state index in [1.54, 1.807) is 25.6 Å². The van der Waals surface area contributed by atoms with Crippen molar-refractivity contribution in [2.45, 2.75) is 38.3 Å². The minimum absolute atomic E-state index is 0.256. The van der Waals surface area contributed by atoms with Gasteiger partial charge < -0.3 is 9.47 Å². The zero-order valence-electron chi connectivity index (χ0n) is 9.98. The van der Waals surface area contributed by atoms with E-state index in [0.29, 0.717) is 12.2 Å². The molecule has 0 N–H and O–H groups in total. The van der Waals surface area contributed by atoms with Crippen molar-refractivity contribution in [1.82, 2.24) is 4.90 Å². The summed E-state index contributed by atoms with van der Waals surface area (Å²) in [4.78, 5) is 23.5. The molecular weight excluding hydrogens is 230 g/mol. The number of ether oxygens (including phenoxy) is 2. The van der Waals surface area contributed by atoms with Crippen LogP contribution in [-0.4, -0.2) is 40.4 Å². The number of hydrogen-bond donors (Lipinski definition) is 0. The van der Waals surface area contributed by atoms with Crippen LogP contribution in [0.1, 0.15) is 27.7 Å². The number of amides is 1. The normalized spacial score (nSPS) is 27.6. The first-order valence-corrected chi connectivity index (χ1v) is 6.09. The second-order valence-corrected chi connectivity index (χ2v) is 5.75. The van der Waals surface area contributed by atoms with Gasteiger partial charge in [0.15, 0.2) is 5.72 Å². The lowest BCUT2D eigenvalue weighted by Crippen LogP contribution is -2.52. The SMILES string of the molecule is CCOC(=O)OC1(C)CSC(C)(C)N1C=O. The summed E-state index contributed by atoms with van der Waals surface area (Å²) in [5.74, 6) is 0.539. The van der Waals surface area contributed by atoms with E-state index in [-0.39, 0.29) is 11.5 Å². The molecule has 0 saturated carbocycles. The number of carbonyl (C=O) groups excluding carboxylic acids is 2. The van der Waals surface area contributed by atoms with E-state index >= 15 is 0 Å². The van der Waals surface area contributed by atoms with Crippen molar-refractivity contribution in [3.63, 3.8) is 0 Å². The van der Waals surface area contributed by atoms with Gasteiger partial charge in [-0.25, -0.2) is 4.79 Å². The van der Waals surface area contributed by atoms with Crippen LogP contribution in [-0.2, 0) is 14.3 Å². The Labute approximate surface area is 99.5 Å². The molecule has 1 saturated heterocycles. The zero-order valence-corrected chi connectivity index (χ0v) is 10.8. The molecular formula is C10H17NO4S. The topological polar surface area (TPSA) is 55.8 Å². The Morgan fingerprint density at radius 2 is 2.12 bits per heavy atom. The largest absolute Gasteiger partial charge is 0.510 e. The highest BCUT2D eigenvalue weighted by Crippen LogP contribution is 2.44. The van der Waals surface area contributed by atoms with Crippen LogP contribution in [0.5, 0.6) is 0 Å². The van der Waals surface area contributed by atoms with Crippen LogP contribution in [0.3, 0.4) is 0 Å². The monoisotopic (exact) mass is 247 g/mol. The Bertz CT molecular complexity index is 295. The first-order valence-electron chi connectivity index (χ1n) is 5.10. The third-order valence-electron chi connectivity index (χ3n) is 2.45. The van der Waals surface area contributed by atoms with Gasteiger partial charge in [0.25, 0.3) is 0 Å². The van der Waals surface area contributed by atoms with Crippen LogP contribution in [0.15, 0.2) is 0 Å². The van der Waals surface area contributed by atoms with Crippen LogP contribution in [0.25, 0.3) is 0 Å². The van der Waals surface area contributed by atoms with Gasteiger partial charge in [-0.15, -0.1) is 11.8 Å². The van der Waals surface area contributed by atoms with Crippen molar-refractivity contribution in [3.8, 4) is 0 Å². The second-order valence-electron chi connectivity index (χ2n) is 4.17. The molecule has 0 aliphatic carbocycles. The molecule has 1 unspecified atom stereocenters. The Hall–Kier alpha value is -0.910. The maximum absolute atomic E-state index is 11.3. The first kappa shape index (κ1) is 13.2.